The van der Waals surface area contributed by atoms with Crippen molar-refractivity contribution in [3.05, 3.63) is 11.3 Å². The maximum atomic E-state index is 2.65. The predicted molar refractivity (Wildman–Crippen MR) is 108 cm³/mol. The first-order chi connectivity index (χ1) is 7.41. The Morgan fingerprint density at radius 2 is 0.474 bits per heavy atom. The molecule has 0 saturated heterocycles. The van der Waals surface area contributed by atoms with Gasteiger partial charge in [0.05, 0.1) is 0 Å². The van der Waals surface area contributed by atoms with E-state index >= 15 is 0 Å². The minimum Gasteiger partial charge on any atom is -0.327 e. The summed E-state index contributed by atoms with van der Waals surface area (Å²) < 4.78 is 0. The molecule has 0 heterocycles. The second kappa shape index (κ2) is 8.93. The van der Waals surface area contributed by atoms with Gasteiger partial charge in [-0.25, -0.2) is 0 Å². The van der Waals surface area contributed by atoms with Crippen LogP contribution in [0.1, 0.15) is 0 Å². The molecule has 0 rings (SSSR count). The predicted octanol–water partition coefficient (Wildman–Crippen LogP) is 5.51. The van der Waals surface area contributed by atoms with Crippen molar-refractivity contribution in [3.8, 4) is 0 Å². The topological polar surface area (TPSA) is 0 Å². The fourth-order valence-corrected chi connectivity index (χ4v) is 23.4. The minimum absolute atomic E-state index is 0. The van der Waals surface area contributed by atoms with Crippen molar-refractivity contribution < 1.29 is 0 Å². The Morgan fingerprint density at radius 1 is 0.368 bits per heavy atom. The van der Waals surface area contributed by atoms with Crippen LogP contribution in [0, 0.1) is 11.3 Å². The monoisotopic (exact) mass is 342 g/mol. The summed E-state index contributed by atoms with van der Waals surface area (Å²) in [7, 11) is -3.42. The molecule has 0 fully saturated rings. The molecule has 0 bridgehead atoms. The molecule has 0 atom stereocenters. The van der Waals surface area contributed by atoms with Gasteiger partial charge in [-0.05, 0) is 0 Å². The second-order valence-corrected chi connectivity index (χ2v) is 31.0. The number of hydrogen-bond acceptors (Lipinski definition) is 0. The summed E-state index contributed by atoms with van der Waals surface area (Å²) in [5.41, 5.74) is 5.31. The molecule has 0 spiro atoms. The van der Waals surface area contributed by atoms with E-state index in [9.17, 15) is 0 Å². The van der Waals surface area contributed by atoms with Crippen molar-refractivity contribution in [2.45, 2.75) is 78.6 Å². The zero-order valence-electron chi connectivity index (χ0n) is 15.9. The van der Waals surface area contributed by atoms with Crippen molar-refractivity contribution in [3.63, 3.8) is 0 Å². The third kappa shape index (κ3) is 32.8. The molecule has 0 radical (unpaired) electrons. The molecule has 0 aliphatic carbocycles. The van der Waals surface area contributed by atoms with E-state index in [1.54, 1.807) is 0 Å². The summed E-state index contributed by atoms with van der Waals surface area (Å²) in [6, 6.07) is 0. The molecule has 0 unspecified atom stereocenters. The van der Waals surface area contributed by atoms with Gasteiger partial charge in [-0.1, -0.05) is 78.6 Å². The van der Waals surface area contributed by atoms with Crippen LogP contribution in [0.15, 0.2) is 0 Å². The van der Waals surface area contributed by atoms with Crippen molar-refractivity contribution in [2.24, 2.45) is 0 Å². The summed E-state index contributed by atoms with van der Waals surface area (Å²) in [6.07, 6.45) is 0. The molecule has 112 valence electrons. The van der Waals surface area contributed by atoms with E-state index in [1.165, 1.54) is 0 Å². The van der Waals surface area contributed by atoms with Crippen molar-refractivity contribution >= 4 is 55.3 Å². The molecule has 19 heavy (non-hydrogen) atoms. The van der Waals surface area contributed by atoms with E-state index in [0.717, 1.165) is 0 Å². The van der Waals surface area contributed by atoms with E-state index in [-0.39, 0.29) is 23.1 Å². The zero-order valence-corrected chi connectivity index (χ0v) is 21.3. The molecular weight excluding hydrogens is 305 g/mol. The average molecular weight is 343 g/mol. The van der Waals surface area contributed by atoms with Crippen molar-refractivity contribution in [2.75, 3.05) is 0 Å². The molecule has 0 aromatic heterocycles. The summed E-state index contributed by atoms with van der Waals surface area (Å²) >= 11 is 0. The van der Waals surface area contributed by atoms with Crippen LogP contribution in [0.4, 0.5) is 0 Å². The summed E-state index contributed by atoms with van der Waals surface area (Å²) in [6.45, 7) is 28.9. The Morgan fingerprint density at radius 3 is 0.474 bits per heavy atom. The Hall–Kier alpha value is 1.63. The largest absolute Gasteiger partial charge is 2.00 e. The Labute approximate surface area is 144 Å². The maximum absolute atomic E-state index is 2.65. The fourth-order valence-electron chi connectivity index (χ4n) is 2.60. The molecule has 0 aliphatic rings. The molecule has 0 aromatic carbocycles. The van der Waals surface area contributed by atoms with Gasteiger partial charge < -0.3 is 11.3 Å². The van der Waals surface area contributed by atoms with Gasteiger partial charge in [0, 0.05) is 0 Å². The normalized spacial score (nSPS) is 13.3. The van der Waals surface area contributed by atoms with Gasteiger partial charge in [0.2, 0.25) is 0 Å². The van der Waals surface area contributed by atoms with Gasteiger partial charge in [-0.3, -0.25) is 0 Å². The van der Waals surface area contributed by atoms with Crippen LogP contribution in [0.3, 0.4) is 0 Å². The quantitative estimate of drug-likeness (QED) is 0.466. The molecule has 0 amide bonds. The van der Waals surface area contributed by atoms with Crippen LogP contribution in [-0.4, -0.2) is 55.3 Å². The van der Waals surface area contributed by atoms with Gasteiger partial charge >= 0.3 is 23.1 Å². The average Bonchev–Trinajstić information content (AvgIpc) is 1.64. The summed E-state index contributed by atoms with van der Waals surface area (Å²) in [5.74, 6) is 0. The molecular formula is C14H38MgSi4. The van der Waals surface area contributed by atoms with E-state index in [1.807, 2.05) is 0 Å². The standard InChI is InChI=1S/2C7H19Si2.Mg/c2*1-8(2,3)7-9(4,5)6;/h2*7H,1-6H3;/q2*-1;+2. The molecule has 0 nitrogen and oxygen atoms in total. The molecule has 5 heteroatoms. The number of rotatable bonds is 4. The van der Waals surface area contributed by atoms with Gasteiger partial charge in [0.25, 0.3) is 0 Å². The zero-order chi connectivity index (χ0) is 15.4. The second-order valence-electron chi connectivity index (χ2n) is 9.75. The van der Waals surface area contributed by atoms with Crippen LogP contribution >= 0.6 is 0 Å². The third-order valence-corrected chi connectivity index (χ3v) is 15.6. The van der Waals surface area contributed by atoms with Crippen LogP contribution in [0.5, 0.6) is 0 Å². The van der Waals surface area contributed by atoms with Gasteiger partial charge in [0.1, 0.15) is 0 Å². The summed E-state index contributed by atoms with van der Waals surface area (Å²) in [5, 5.41) is 0. The Balaban J connectivity index is -0.000000256. The SMILES string of the molecule is C[Si](C)(C)[CH-][Si](C)(C)C.C[Si](C)(C)[CH-][Si](C)(C)C.[Mg+2]. The Bertz CT molecular complexity index is 176. The van der Waals surface area contributed by atoms with E-state index in [2.05, 4.69) is 89.9 Å². The fraction of sp³-hybridized carbons (Fsp3) is 0.857. The molecule has 0 N–H and O–H groups in total. The van der Waals surface area contributed by atoms with E-state index in [0.29, 0.717) is 0 Å². The van der Waals surface area contributed by atoms with Gasteiger partial charge in [-0.15, -0.1) is 32.3 Å². The maximum Gasteiger partial charge on any atom is 2.00 e. The Kier molecular flexibility index (Phi) is 12.0. The molecule has 0 aromatic rings. The smallest absolute Gasteiger partial charge is 0.327 e. The van der Waals surface area contributed by atoms with Gasteiger partial charge in [0.15, 0.2) is 0 Å². The van der Waals surface area contributed by atoms with E-state index < -0.39 is 32.3 Å². The van der Waals surface area contributed by atoms with Gasteiger partial charge in [-0.2, -0.15) is 0 Å². The van der Waals surface area contributed by atoms with Crippen LogP contribution in [0.25, 0.3) is 0 Å². The molecule has 0 aliphatic heterocycles. The first-order valence-corrected chi connectivity index (χ1v) is 21.5. The number of hydrogen-bond donors (Lipinski definition) is 0. The first kappa shape index (κ1) is 25.6. The minimum atomic E-state index is -0.856. The van der Waals surface area contributed by atoms with Crippen LogP contribution < -0.4 is 0 Å². The van der Waals surface area contributed by atoms with E-state index in [4.69, 9.17) is 0 Å². The van der Waals surface area contributed by atoms with Crippen molar-refractivity contribution in [1.29, 1.82) is 0 Å². The third-order valence-electron chi connectivity index (χ3n) is 1.73. The van der Waals surface area contributed by atoms with Crippen LogP contribution in [0.2, 0.25) is 78.6 Å². The van der Waals surface area contributed by atoms with Crippen molar-refractivity contribution in [1.82, 2.24) is 0 Å². The first-order valence-electron chi connectivity index (χ1n) is 7.15. The molecule has 0 saturated carbocycles. The van der Waals surface area contributed by atoms with Crippen LogP contribution in [-0.2, 0) is 0 Å². The summed E-state index contributed by atoms with van der Waals surface area (Å²) in [4.78, 5) is 0.